The highest BCUT2D eigenvalue weighted by molar-refractivity contribution is 7.88. The molecule has 1 saturated heterocycles. The maximum absolute atomic E-state index is 11.5. The van der Waals surface area contributed by atoms with Gasteiger partial charge in [0.15, 0.2) is 0 Å². The van der Waals surface area contributed by atoms with Crippen LogP contribution in [-0.4, -0.2) is 45.2 Å². The molecular weight excluding hydrogens is 284 g/mol. The van der Waals surface area contributed by atoms with Crippen molar-refractivity contribution in [3.63, 3.8) is 0 Å². The molecule has 0 unspecified atom stereocenters. The Morgan fingerprint density at radius 3 is 2.48 bits per heavy atom. The first-order valence-corrected chi connectivity index (χ1v) is 10.0. The molecule has 1 N–H and O–H groups in total. The average Bonchev–Trinajstić information content (AvgIpc) is 2.42. The van der Waals surface area contributed by atoms with E-state index in [9.17, 15) is 8.42 Å². The number of nitrogens with one attached hydrogen (secondary N) is 1. The van der Waals surface area contributed by atoms with Gasteiger partial charge in [0.05, 0.1) is 6.26 Å². The van der Waals surface area contributed by atoms with Crippen molar-refractivity contribution in [2.75, 3.05) is 32.4 Å². The SMILES string of the molecule is CC1=CCC[C@@H](C)[C@H]1CNCC1CCN(S(C)(=O)=O)CC1. The van der Waals surface area contributed by atoms with E-state index in [-0.39, 0.29) is 0 Å². The van der Waals surface area contributed by atoms with Gasteiger partial charge in [-0.15, -0.1) is 0 Å². The first-order chi connectivity index (χ1) is 9.88. The lowest BCUT2D eigenvalue weighted by Crippen LogP contribution is -2.41. The van der Waals surface area contributed by atoms with Crippen molar-refractivity contribution >= 4 is 10.0 Å². The highest BCUT2D eigenvalue weighted by atomic mass is 32.2. The van der Waals surface area contributed by atoms with E-state index in [1.54, 1.807) is 4.31 Å². The van der Waals surface area contributed by atoms with Crippen LogP contribution in [0.1, 0.15) is 39.5 Å². The van der Waals surface area contributed by atoms with E-state index < -0.39 is 10.0 Å². The van der Waals surface area contributed by atoms with Crippen LogP contribution in [0.2, 0.25) is 0 Å². The van der Waals surface area contributed by atoms with Gasteiger partial charge in [-0.3, -0.25) is 0 Å². The van der Waals surface area contributed by atoms with E-state index >= 15 is 0 Å². The van der Waals surface area contributed by atoms with Gasteiger partial charge >= 0.3 is 0 Å². The first kappa shape index (κ1) is 17.0. The molecule has 21 heavy (non-hydrogen) atoms. The van der Waals surface area contributed by atoms with Crippen molar-refractivity contribution in [3.05, 3.63) is 11.6 Å². The summed E-state index contributed by atoms with van der Waals surface area (Å²) < 4.78 is 24.6. The fourth-order valence-corrected chi connectivity index (χ4v) is 4.50. The van der Waals surface area contributed by atoms with Gasteiger partial charge in [-0.2, -0.15) is 0 Å². The van der Waals surface area contributed by atoms with Crippen molar-refractivity contribution in [1.29, 1.82) is 0 Å². The summed E-state index contributed by atoms with van der Waals surface area (Å²) in [6.07, 6.45) is 8.19. The monoisotopic (exact) mass is 314 g/mol. The van der Waals surface area contributed by atoms with E-state index in [1.165, 1.54) is 24.7 Å². The zero-order valence-electron chi connectivity index (χ0n) is 13.6. The van der Waals surface area contributed by atoms with E-state index in [2.05, 4.69) is 25.2 Å². The molecule has 0 aromatic rings. The van der Waals surface area contributed by atoms with Gasteiger partial charge < -0.3 is 5.32 Å². The van der Waals surface area contributed by atoms with Crippen molar-refractivity contribution in [3.8, 4) is 0 Å². The summed E-state index contributed by atoms with van der Waals surface area (Å²) in [4.78, 5) is 0. The molecule has 0 aromatic heterocycles. The summed E-state index contributed by atoms with van der Waals surface area (Å²) in [7, 11) is -3.00. The fraction of sp³-hybridized carbons (Fsp3) is 0.875. The van der Waals surface area contributed by atoms with E-state index in [1.807, 2.05) is 0 Å². The lowest BCUT2D eigenvalue weighted by atomic mass is 9.80. The number of hydrogen-bond donors (Lipinski definition) is 1. The summed E-state index contributed by atoms with van der Waals surface area (Å²) in [5.41, 5.74) is 1.54. The number of allylic oxidation sites excluding steroid dienone is 1. The van der Waals surface area contributed by atoms with Crippen molar-refractivity contribution in [2.45, 2.75) is 39.5 Å². The first-order valence-electron chi connectivity index (χ1n) is 8.20. The van der Waals surface area contributed by atoms with Gasteiger partial charge in [0.25, 0.3) is 0 Å². The topological polar surface area (TPSA) is 49.4 Å². The predicted octanol–water partition coefficient (Wildman–Crippen LogP) is 2.24. The summed E-state index contributed by atoms with van der Waals surface area (Å²) in [5, 5.41) is 3.63. The third kappa shape index (κ3) is 4.80. The van der Waals surface area contributed by atoms with Crippen LogP contribution in [-0.2, 0) is 10.0 Å². The van der Waals surface area contributed by atoms with Gasteiger partial charge in [0.1, 0.15) is 0 Å². The molecule has 1 fully saturated rings. The molecule has 0 amide bonds. The quantitative estimate of drug-likeness (QED) is 0.792. The Labute approximate surface area is 130 Å². The van der Waals surface area contributed by atoms with Crippen LogP contribution >= 0.6 is 0 Å². The molecule has 2 atom stereocenters. The maximum Gasteiger partial charge on any atom is 0.211 e. The average molecular weight is 314 g/mol. The molecule has 122 valence electrons. The standard InChI is InChI=1S/C16H30N2O2S/c1-13-5-4-6-14(2)16(13)12-17-11-15-7-9-18(10-8-15)21(3,19)20/h5,14-17H,4,6-12H2,1-3H3/t14-,16+/m1/s1. The number of nitrogens with zero attached hydrogens (tertiary/aromatic N) is 1. The van der Waals surface area contributed by atoms with Crippen molar-refractivity contribution < 1.29 is 8.42 Å². The molecule has 0 spiro atoms. The van der Waals surface area contributed by atoms with Gasteiger partial charge in [-0.25, -0.2) is 12.7 Å². The third-order valence-corrected chi connectivity index (χ3v) is 6.50. The molecule has 0 aromatic carbocycles. The minimum Gasteiger partial charge on any atom is -0.316 e. The number of sulfonamides is 1. The minimum atomic E-state index is -3.00. The lowest BCUT2D eigenvalue weighted by molar-refractivity contribution is 0.260. The highest BCUT2D eigenvalue weighted by Gasteiger charge is 2.25. The molecule has 1 aliphatic carbocycles. The van der Waals surface area contributed by atoms with Gasteiger partial charge in [-0.05, 0) is 56.9 Å². The molecule has 0 radical (unpaired) electrons. The van der Waals surface area contributed by atoms with Crippen LogP contribution in [0.5, 0.6) is 0 Å². The summed E-state index contributed by atoms with van der Waals surface area (Å²) in [6.45, 7) is 8.07. The fourth-order valence-electron chi connectivity index (χ4n) is 3.63. The van der Waals surface area contributed by atoms with Crippen LogP contribution in [0.15, 0.2) is 11.6 Å². The van der Waals surface area contributed by atoms with Crippen molar-refractivity contribution in [1.82, 2.24) is 9.62 Å². The molecule has 5 heteroatoms. The molecule has 1 heterocycles. The van der Waals surface area contributed by atoms with Crippen LogP contribution in [0.25, 0.3) is 0 Å². The number of piperidine rings is 1. The molecule has 1 aliphatic heterocycles. The largest absolute Gasteiger partial charge is 0.316 e. The lowest BCUT2D eigenvalue weighted by Gasteiger charge is -2.32. The minimum absolute atomic E-state index is 0.617. The smallest absolute Gasteiger partial charge is 0.211 e. The second-order valence-corrected chi connectivity index (χ2v) is 8.86. The number of rotatable bonds is 5. The van der Waals surface area contributed by atoms with Crippen LogP contribution < -0.4 is 5.32 Å². The highest BCUT2D eigenvalue weighted by Crippen LogP contribution is 2.29. The molecule has 4 nitrogen and oxygen atoms in total. The summed E-state index contributed by atoms with van der Waals surface area (Å²) in [5.74, 6) is 2.07. The predicted molar refractivity (Wildman–Crippen MR) is 87.7 cm³/mol. The molecule has 2 aliphatic rings. The van der Waals surface area contributed by atoms with Crippen LogP contribution in [0.4, 0.5) is 0 Å². The zero-order valence-corrected chi connectivity index (χ0v) is 14.5. The molecular formula is C16H30N2O2S. The Morgan fingerprint density at radius 2 is 1.90 bits per heavy atom. The van der Waals surface area contributed by atoms with Crippen LogP contribution in [0.3, 0.4) is 0 Å². The maximum atomic E-state index is 11.5. The third-order valence-electron chi connectivity index (χ3n) is 5.20. The molecule has 2 rings (SSSR count). The second kappa shape index (κ2) is 7.25. The van der Waals surface area contributed by atoms with Crippen LogP contribution in [0, 0.1) is 17.8 Å². The molecule has 0 bridgehead atoms. The van der Waals surface area contributed by atoms with Gasteiger partial charge in [0, 0.05) is 19.6 Å². The van der Waals surface area contributed by atoms with Gasteiger partial charge in [-0.1, -0.05) is 18.6 Å². The number of hydrogen-bond acceptors (Lipinski definition) is 3. The summed E-state index contributed by atoms with van der Waals surface area (Å²) in [6, 6.07) is 0. The van der Waals surface area contributed by atoms with Gasteiger partial charge in [0.2, 0.25) is 10.0 Å². The van der Waals surface area contributed by atoms with E-state index in [0.29, 0.717) is 24.9 Å². The molecule has 0 saturated carbocycles. The normalized spacial score (nSPS) is 29.4. The Hall–Kier alpha value is -0.390. The Kier molecular flexibility index (Phi) is 5.86. The van der Waals surface area contributed by atoms with E-state index in [0.717, 1.165) is 31.8 Å². The summed E-state index contributed by atoms with van der Waals surface area (Å²) >= 11 is 0. The van der Waals surface area contributed by atoms with E-state index in [4.69, 9.17) is 0 Å². The Morgan fingerprint density at radius 1 is 1.24 bits per heavy atom. The zero-order chi connectivity index (χ0) is 15.5. The second-order valence-electron chi connectivity index (χ2n) is 6.87. The Bertz CT molecular complexity index is 465. The Balaban J connectivity index is 1.71. The van der Waals surface area contributed by atoms with Crippen molar-refractivity contribution in [2.24, 2.45) is 17.8 Å².